The average Bonchev–Trinajstić information content (AvgIpc) is 3.17. The Morgan fingerprint density at radius 1 is 1.19 bits per heavy atom. The molecule has 7 heteroatoms. The number of hydrogen-bond donors (Lipinski definition) is 1. The van der Waals surface area contributed by atoms with Gasteiger partial charge in [0.1, 0.15) is 5.76 Å². The zero-order chi connectivity index (χ0) is 19.2. The smallest absolute Gasteiger partial charge is 0.271 e. The molecular weight excluding hydrogens is 346 g/mol. The van der Waals surface area contributed by atoms with Crippen LogP contribution in [0.15, 0.2) is 57.9 Å². The molecule has 0 unspecified atom stereocenters. The number of aryl methyl sites for hydroxylation is 2. The molecule has 0 spiro atoms. The number of nitrogens with one attached hydrogen (secondary N) is 1. The molecule has 3 aromatic rings. The van der Waals surface area contributed by atoms with Crippen molar-refractivity contribution in [1.82, 2.24) is 15.1 Å². The molecule has 0 radical (unpaired) electrons. The summed E-state index contributed by atoms with van der Waals surface area (Å²) in [4.78, 5) is 24.0. The van der Waals surface area contributed by atoms with Crippen LogP contribution in [0.5, 0.6) is 5.88 Å². The maximum atomic E-state index is 12.1. The summed E-state index contributed by atoms with van der Waals surface area (Å²) in [7, 11) is 0. The molecule has 0 atom stereocenters. The van der Waals surface area contributed by atoms with Crippen LogP contribution >= 0.6 is 0 Å². The summed E-state index contributed by atoms with van der Waals surface area (Å²) < 4.78 is 11.9. The summed E-state index contributed by atoms with van der Waals surface area (Å²) in [6.07, 6.45) is 2.20. The Bertz CT molecular complexity index is 977. The first kappa shape index (κ1) is 18.4. The van der Waals surface area contributed by atoms with Crippen LogP contribution in [0.1, 0.15) is 16.9 Å². The number of carbonyl (C=O) groups excluding carboxylic acids is 1. The first-order valence-electron chi connectivity index (χ1n) is 8.63. The SMILES string of the molecule is Cc1ccc(-n2nc(OCC(=O)NCCc3ccco3)ccc2=O)cc1C. The van der Waals surface area contributed by atoms with Gasteiger partial charge in [0.2, 0.25) is 5.88 Å². The van der Waals surface area contributed by atoms with E-state index in [1.54, 1.807) is 12.3 Å². The Morgan fingerprint density at radius 2 is 2.04 bits per heavy atom. The molecule has 0 bridgehead atoms. The maximum Gasteiger partial charge on any atom is 0.271 e. The number of hydrogen-bond acceptors (Lipinski definition) is 5. The quantitative estimate of drug-likeness (QED) is 0.692. The molecule has 0 aliphatic heterocycles. The molecule has 7 nitrogen and oxygen atoms in total. The van der Waals surface area contributed by atoms with Crippen LogP contribution in [0.2, 0.25) is 0 Å². The number of aromatic nitrogens is 2. The number of nitrogens with zero attached hydrogens (tertiary/aromatic N) is 2. The third-order valence-electron chi connectivity index (χ3n) is 4.14. The van der Waals surface area contributed by atoms with Crippen molar-refractivity contribution < 1.29 is 13.9 Å². The van der Waals surface area contributed by atoms with Crippen molar-refractivity contribution in [1.29, 1.82) is 0 Å². The second-order valence-electron chi connectivity index (χ2n) is 6.16. The van der Waals surface area contributed by atoms with Gasteiger partial charge in [0.05, 0.1) is 12.0 Å². The van der Waals surface area contributed by atoms with Gasteiger partial charge in [0, 0.05) is 25.1 Å². The molecule has 27 heavy (non-hydrogen) atoms. The highest BCUT2D eigenvalue weighted by Gasteiger charge is 2.08. The van der Waals surface area contributed by atoms with Gasteiger partial charge in [-0.1, -0.05) is 6.07 Å². The fourth-order valence-electron chi connectivity index (χ4n) is 2.48. The Hall–Kier alpha value is -3.35. The van der Waals surface area contributed by atoms with Gasteiger partial charge in [-0.15, -0.1) is 5.10 Å². The minimum atomic E-state index is -0.271. The molecular formula is C20H21N3O4. The van der Waals surface area contributed by atoms with E-state index < -0.39 is 0 Å². The van der Waals surface area contributed by atoms with Crippen LogP contribution < -0.4 is 15.6 Å². The number of furan rings is 1. The first-order chi connectivity index (χ1) is 13.0. The van der Waals surface area contributed by atoms with Crippen LogP contribution in [0.4, 0.5) is 0 Å². The van der Waals surface area contributed by atoms with Crippen LogP contribution in [0.3, 0.4) is 0 Å². The summed E-state index contributed by atoms with van der Waals surface area (Å²) in [5.41, 5.74) is 2.57. The zero-order valence-corrected chi connectivity index (χ0v) is 15.3. The highest BCUT2D eigenvalue weighted by atomic mass is 16.5. The molecule has 2 aromatic heterocycles. The molecule has 3 rings (SSSR count). The van der Waals surface area contributed by atoms with E-state index in [1.807, 2.05) is 38.1 Å². The van der Waals surface area contributed by atoms with Crippen molar-refractivity contribution in [3.8, 4) is 11.6 Å². The van der Waals surface area contributed by atoms with Crippen molar-refractivity contribution >= 4 is 5.91 Å². The molecule has 1 N–H and O–H groups in total. The number of rotatable bonds is 7. The van der Waals surface area contributed by atoms with Gasteiger partial charge >= 0.3 is 0 Å². The molecule has 140 valence electrons. The number of ether oxygens (including phenoxy) is 1. The zero-order valence-electron chi connectivity index (χ0n) is 15.3. The number of amides is 1. The summed E-state index contributed by atoms with van der Waals surface area (Å²) in [6.45, 7) is 4.23. The Morgan fingerprint density at radius 3 is 2.78 bits per heavy atom. The second-order valence-corrected chi connectivity index (χ2v) is 6.16. The third kappa shape index (κ3) is 4.84. The Kier molecular flexibility index (Phi) is 5.71. The minimum Gasteiger partial charge on any atom is -0.469 e. The van der Waals surface area contributed by atoms with Crippen molar-refractivity contribution in [3.63, 3.8) is 0 Å². The van der Waals surface area contributed by atoms with E-state index in [1.165, 1.54) is 16.8 Å². The van der Waals surface area contributed by atoms with Gasteiger partial charge in [-0.2, -0.15) is 4.68 Å². The van der Waals surface area contributed by atoms with Crippen LogP contribution in [0.25, 0.3) is 5.69 Å². The topological polar surface area (TPSA) is 86.4 Å². The summed E-state index contributed by atoms with van der Waals surface area (Å²) in [6, 6.07) is 12.1. The normalized spacial score (nSPS) is 10.6. The standard InChI is InChI=1S/C20H21N3O4/c1-14-5-6-16(12-15(14)2)23-20(25)8-7-19(22-23)27-13-18(24)21-10-9-17-4-3-11-26-17/h3-8,11-12H,9-10,13H2,1-2H3,(H,21,24). The highest BCUT2D eigenvalue weighted by Crippen LogP contribution is 2.13. The van der Waals surface area contributed by atoms with Gasteiger partial charge in [0.25, 0.3) is 11.5 Å². The average molecular weight is 367 g/mol. The van der Waals surface area contributed by atoms with Gasteiger partial charge < -0.3 is 14.5 Å². The van der Waals surface area contributed by atoms with Gasteiger partial charge in [-0.3, -0.25) is 9.59 Å². The van der Waals surface area contributed by atoms with Gasteiger partial charge in [0.15, 0.2) is 6.61 Å². The maximum absolute atomic E-state index is 12.1. The third-order valence-corrected chi connectivity index (χ3v) is 4.14. The molecule has 0 fully saturated rings. The fourth-order valence-corrected chi connectivity index (χ4v) is 2.48. The molecule has 0 saturated carbocycles. The summed E-state index contributed by atoms with van der Waals surface area (Å²) in [5.74, 6) is 0.736. The molecule has 1 amide bonds. The van der Waals surface area contributed by atoms with Crippen LogP contribution in [-0.4, -0.2) is 28.8 Å². The highest BCUT2D eigenvalue weighted by molar-refractivity contribution is 5.77. The van der Waals surface area contributed by atoms with Crippen LogP contribution in [0, 0.1) is 13.8 Å². The molecule has 0 saturated heterocycles. The lowest BCUT2D eigenvalue weighted by atomic mass is 10.1. The fraction of sp³-hybridized carbons (Fsp3) is 0.250. The van der Waals surface area contributed by atoms with E-state index in [0.717, 1.165) is 16.9 Å². The van der Waals surface area contributed by atoms with E-state index in [9.17, 15) is 9.59 Å². The minimum absolute atomic E-state index is 0.184. The largest absolute Gasteiger partial charge is 0.469 e. The molecule has 1 aromatic carbocycles. The second kappa shape index (κ2) is 8.35. The predicted molar refractivity (Wildman–Crippen MR) is 100 cm³/mol. The van der Waals surface area contributed by atoms with E-state index >= 15 is 0 Å². The Labute approximate surface area is 156 Å². The number of benzene rings is 1. The van der Waals surface area contributed by atoms with E-state index in [0.29, 0.717) is 18.7 Å². The predicted octanol–water partition coefficient (Wildman–Crippen LogP) is 2.18. The first-order valence-corrected chi connectivity index (χ1v) is 8.63. The lowest BCUT2D eigenvalue weighted by Gasteiger charge is -2.10. The Balaban J connectivity index is 1.59. The number of carbonyl (C=O) groups is 1. The van der Waals surface area contributed by atoms with E-state index in [-0.39, 0.29) is 24.0 Å². The van der Waals surface area contributed by atoms with Crippen molar-refractivity contribution in [2.45, 2.75) is 20.3 Å². The van der Waals surface area contributed by atoms with Crippen molar-refractivity contribution in [2.24, 2.45) is 0 Å². The van der Waals surface area contributed by atoms with E-state index in [2.05, 4.69) is 10.4 Å². The summed E-state index contributed by atoms with van der Waals surface area (Å²) in [5, 5.41) is 6.94. The van der Waals surface area contributed by atoms with Crippen molar-refractivity contribution in [2.75, 3.05) is 13.2 Å². The molecule has 0 aliphatic carbocycles. The van der Waals surface area contributed by atoms with Gasteiger partial charge in [-0.25, -0.2) is 0 Å². The van der Waals surface area contributed by atoms with Crippen LogP contribution in [-0.2, 0) is 11.2 Å². The molecule has 2 heterocycles. The molecule has 0 aliphatic rings. The van der Waals surface area contributed by atoms with E-state index in [4.69, 9.17) is 9.15 Å². The lowest BCUT2D eigenvalue weighted by molar-refractivity contribution is -0.123. The lowest BCUT2D eigenvalue weighted by Crippen LogP contribution is -2.31. The summed E-state index contributed by atoms with van der Waals surface area (Å²) >= 11 is 0. The monoisotopic (exact) mass is 367 g/mol. The van der Waals surface area contributed by atoms with Crippen molar-refractivity contribution in [3.05, 3.63) is 76.0 Å². The van der Waals surface area contributed by atoms with Gasteiger partial charge in [-0.05, 0) is 49.2 Å².